The molecule has 1 heterocycles. The summed E-state index contributed by atoms with van der Waals surface area (Å²) in [5, 5.41) is 10.1. The number of nitrogens with zero attached hydrogens (tertiary/aromatic N) is 3. The van der Waals surface area contributed by atoms with E-state index in [0.29, 0.717) is 18.0 Å². The van der Waals surface area contributed by atoms with Crippen molar-refractivity contribution in [2.45, 2.75) is 13.1 Å². The molecule has 0 unspecified atom stereocenters. The molecule has 21 heavy (non-hydrogen) atoms. The predicted octanol–water partition coefficient (Wildman–Crippen LogP) is 0.194. The number of hydrogen-bond donors (Lipinski definition) is 2. The molecule has 0 fully saturated rings. The van der Waals surface area contributed by atoms with Gasteiger partial charge in [0.1, 0.15) is 6.54 Å². The van der Waals surface area contributed by atoms with E-state index in [1.807, 2.05) is 12.1 Å². The number of anilines is 1. The SMILES string of the molecule is COc1ccc(CNC(=O)Cn2cc(N)nn2)cc1OC. The first-order valence-electron chi connectivity index (χ1n) is 6.25. The number of nitrogen functional groups attached to an aromatic ring is 1. The van der Waals surface area contributed by atoms with Crippen LogP contribution in [0.4, 0.5) is 5.82 Å². The quantitative estimate of drug-likeness (QED) is 0.787. The molecule has 0 bridgehead atoms. The molecule has 1 amide bonds. The van der Waals surface area contributed by atoms with Crippen LogP contribution in [0.2, 0.25) is 0 Å². The predicted molar refractivity (Wildman–Crippen MR) is 75.8 cm³/mol. The summed E-state index contributed by atoms with van der Waals surface area (Å²) in [5.41, 5.74) is 6.33. The summed E-state index contributed by atoms with van der Waals surface area (Å²) >= 11 is 0. The minimum absolute atomic E-state index is 0.0670. The second-order valence-electron chi connectivity index (χ2n) is 4.31. The van der Waals surface area contributed by atoms with Crippen LogP contribution in [0, 0.1) is 0 Å². The Balaban J connectivity index is 1.91. The lowest BCUT2D eigenvalue weighted by Gasteiger charge is -2.10. The Kier molecular flexibility index (Phi) is 4.60. The summed E-state index contributed by atoms with van der Waals surface area (Å²) in [6.07, 6.45) is 1.50. The van der Waals surface area contributed by atoms with E-state index in [4.69, 9.17) is 15.2 Å². The number of amides is 1. The number of carbonyl (C=O) groups is 1. The molecule has 3 N–H and O–H groups in total. The molecule has 2 rings (SSSR count). The van der Waals surface area contributed by atoms with Gasteiger partial charge in [0.25, 0.3) is 0 Å². The lowest BCUT2D eigenvalue weighted by Crippen LogP contribution is -2.27. The minimum atomic E-state index is -0.185. The molecule has 0 aliphatic rings. The first-order valence-corrected chi connectivity index (χ1v) is 6.25. The highest BCUT2D eigenvalue weighted by molar-refractivity contribution is 5.75. The first-order chi connectivity index (χ1) is 10.1. The van der Waals surface area contributed by atoms with E-state index in [-0.39, 0.29) is 18.3 Å². The molecule has 0 radical (unpaired) electrons. The molecule has 0 aliphatic heterocycles. The summed E-state index contributed by atoms with van der Waals surface area (Å²) in [7, 11) is 3.14. The second kappa shape index (κ2) is 6.60. The standard InChI is InChI=1S/C13H17N5O3/c1-20-10-4-3-9(5-11(10)21-2)6-15-13(19)8-18-7-12(14)16-17-18/h3-5,7H,6,8,14H2,1-2H3,(H,15,19). The maximum Gasteiger partial charge on any atom is 0.242 e. The number of rotatable bonds is 6. The number of nitrogens with one attached hydrogen (secondary N) is 1. The molecule has 1 aromatic carbocycles. The van der Waals surface area contributed by atoms with Gasteiger partial charge in [-0.15, -0.1) is 5.10 Å². The van der Waals surface area contributed by atoms with E-state index in [1.165, 1.54) is 10.9 Å². The Hall–Kier alpha value is -2.77. The highest BCUT2D eigenvalue weighted by Gasteiger charge is 2.07. The van der Waals surface area contributed by atoms with Gasteiger partial charge in [-0.1, -0.05) is 11.3 Å². The molecule has 2 aromatic rings. The molecular formula is C13H17N5O3. The van der Waals surface area contributed by atoms with Gasteiger partial charge in [0.2, 0.25) is 5.91 Å². The molecule has 0 saturated heterocycles. The summed E-state index contributed by atoms with van der Waals surface area (Å²) in [6, 6.07) is 5.46. The van der Waals surface area contributed by atoms with E-state index in [9.17, 15) is 4.79 Å². The third kappa shape index (κ3) is 3.85. The molecule has 112 valence electrons. The summed E-state index contributed by atoms with van der Waals surface area (Å²) < 4.78 is 11.7. The average molecular weight is 291 g/mol. The number of benzene rings is 1. The van der Waals surface area contributed by atoms with Gasteiger partial charge in [0, 0.05) is 6.54 Å². The fourth-order valence-corrected chi connectivity index (χ4v) is 1.78. The number of nitrogens with two attached hydrogens (primary N) is 1. The summed E-state index contributed by atoms with van der Waals surface area (Å²) in [4.78, 5) is 11.8. The summed E-state index contributed by atoms with van der Waals surface area (Å²) in [6.45, 7) is 0.445. The molecule has 0 aliphatic carbocycles. The summed E-state index contributed by atoms with van der Waals surface area (Å²) in [5.74, 6) is 1.36. The topological polar surface area (TPSA) is 104 Å². The molecule has 1 aromatic heterocycles. The maximum absolute atomic E-state index is 11.8. The number of carbonyl (C=O) groups excluding carboxylic acids is 1. The fraction of sp³-hybridized carbons (Fsp3) is 0.308. The Labute approximate surface area is 121 Å². The lowest BCUT2D eigenvalue weighted by atomic mass is 10.2. The zero-order chi connectivity index (χ0) is 15.2. The molecule has 0 saturated carbocycles. The Morgan fingerprint density at radius 2 is 2.10 bits per heavy atom. The van der Waals surface area contributed by atoms with Crippen molar-refractivity contribution in [1.29, 1.82) is 0 Å². The van der Waals surface area contributed by atoms with E-state index in [2.05, 4.69) is 15.6 Å². The van der Waals surface area contributed by atoms with Gasteiger partial charge in [0.05, 0.1) is 20.4 Å². The maximum atomic E-state index is 11.8. The van der Waals surface area contributed by atoms with E-state index < -0.39 is 0 Å². The molecule has 8 nitrogen and oxygen atoms in total. The van der Waals surface area contributed by atoms with Crippen LogP contribution in [-0.2, 0) is 17.9 Å². The Morgan fingerprint density at radius 3 is 2.71 bits per heavy atom. The largest absolute Gasteiger partial charge is 0.493 e. The van der Waals surface area contributed by atoms with Gasteiger partial charge < -0.3 is 20.5 Å². The van der Waals surface area contributed by atoms with Crippen LogP contribution in [0.25, 0.3) is 0 Å². The van der Waals surface area contributed by atoms with Gasteiger partial charge in [-0.05, 0) is 17.7 Å². The van der Waals surface area contributed by atoms with Crippen molar-refractivity contribution in [2.75, 3.05) is 20.0 Å². The molecular weight excluding hydrogens is 274 g/mol. The number of methoxy groups -OCH3 is 2. The van der Waals surface area contributed by atoms with Crippen molar-refractivity contribution in [3.63, 3.8) is 0 Å². The van der Waals surface area contributed by atoms with Crippen LogP contribution in [-0.4, -0.2) is 35.1 Å². The zero-order valence-corrected chi connectivity index (χ0v) is 11.9. The van der Waals surface area contributed by atoms with Crippen molar-refractivity contribution in [3.05, 3.63) is 30.0 Å². The van der Waals surface area contributed by atoms with Crippen molar-refractivity contribution in [3.8, 4) is 11.5 Å². The number of hydrogen-bond acceptors (Lipinski definition) is 6. The molecule has 8 heteroatoms. The zero-order valence-electron chi connectivity index (χ0n) is 11.9. The van der Waals surface area contributed by atoms with Gasteiger partial charge in [-0.3, -0.25) is 4.79 Å². The van der Waals surface area contributed by atoms with Gasteiger partial charge in [0.15, 0.2) is 17.3 Å². The third-order valence-electron chi connectivity index (χ3n) is 2.80. The number of aromatic nitrogens is 3. The van der Waals surface area contributed by atoms with Crippen LogP contribution in [0.5, 0.6) is 11.5 Å². The van der Waals surface area contributed by atoms with Crippen molar-refractivity contribution in [1.82, 2.24) is 20.3 Å². The fourth-order valence-electron chi connectivity index (χ4n) is 1.78. The van der Waals surface area contributed by atoms with E-state index in [1.54, 1.807) is 20.3 Å². The normalized spacial score (nSPS) is 10.2. The van der Waals surface area contributed by atoms with Crippen LogP contribution in [0.1, 0.15) is 5.56 Å². The van der Waals surface area contributed by atoms with E-state index in [0.717, 1.165) is 5.56 Å². The van der Waals surface area contributed by atoms with Gasteiger partial charge in [-0.25, -0.2) is 4.68 Å². The van der Waals surface area contributed by atoms with Crippen LogP contribution in [0.3, 0.4) is 0 Å². The second-order valence-corrected chi connectivity index (χ2v) is 4.31. The van der Waals surface area contributed by atoms with Crippen molar-refractivity contribution in [2.24, 2.45) is 0 Å². The first kappa shape index (κ1) is 14.6. The minimum Gasteiger partial charge on any atom is -0.493 e. The highest BCUT2D eigenvalue weighted by atomic mass is 16.5. The third-order valence-corrected chi connectivity index (χ3v) is 2.80. The van der Waals surface area contributed by atoms with Crippen LogP contribution >= 0.6 is 0 Å². The van der Waals surface area contributed by atoms with Crippen LogP contribution < -0.4 is 20.5 Å². The highest BCUT2D eigenvalue weighted by Crippen LogP contribution is 2.27. The molecule has 0 atom stereocenters. The lowest BCUT2D eigenvalue weighted by molar-refractivity contribution is -0.122. The monoisotopic (exact) mass is 291 g/mol. The smallest absolute Gasteiger partial charge is 0.242 e. The average Bonchev–Trinajstić information content (AvgIpc) is 2.89. The van der Waals surface area contributed by atoms with Gasteiger partial charge in [-0.2, -0.15) is 0 Å². The van der Waals surface area contributed by atoms with Gasteiger partial charge >= 0.3 is 0 Å². The van der Waals surface area contributed by atoms with Crippen molar-refractivity contribution < 1.29 is 14.3 Å². The van der Waals surface area contributed by atoms with Crippen LogP contribution in [0.15, 0.2) is 24.4 Å². The molecule has 0 spiro atoms. The number of ether oxygens (including phenoxy) is 2. The Morgan fingerprint density at radius 1 is 1.33 bits per heavy atom. The Bertz CT molecular complexity index is 626. The van der Waals surface area contributed by atoms with Crippen molar-refractivity contribution >= 4 is 11.7 Å². The van der Waals surface area contributed by atoms with E-state index >= 15 is 0 Å².